The largest absolute Gasteiger partial charge is 0.244 e. The molecule has 25 heavy (non-hydrogen) atoms. The summed E-state index contributed by atoms with van der Waals surface area (Å²) in [6, 6.07) is 9.63. The van der Waals surface area contributed by atoms with Crippen LogP contribution in [0.1, 0.15) is 44.2 Å². The molecule has 3 unspecified atom stereocenters. The van der Waals surface area contributed by atoms with E-state index in [0.29, 0.717) is 17.5 Å². The van der Waals surface area contributed by atoms with Crippen LogP contribution >= 0.6 is 0 Å². The minimum Gasteiger partial charge on any atom is -0.244 e. The number of alkyl halides is 2. The second-order valence-corrected chi connectivity index (χ2v) is 6.83. The highest BCUT2D eigenvalue weighted by atomic mass is 19.2. The zero-order valence-corrected chi connectivity index (χ0v) is 15.0. The van der Waals surface area contributed by atoms with Gasteiger partial charge in [0, 0.05) is 11.5 Å². The first-order valence-corrected chi connectivity index (χ1v) is 8.61. The lowest BCUT2D eigenvalue weighted by molar-refractivity contribution is 0.101. The number of hydrogen-bond donors (Lipinski definition) is 0. The van der Waals surface area contributed by atoms with Gasteiger partial charge in [-0.3, -0.25) is 0 Å². The van der Waals surface area contributed by atoms with Crippen LogP contribution in [-0.4, -0.2) is 12.3 Å². The second kappa shape index (κ2) is 8.03. The molecule has 0 saturated heterocycles. The molecule has 2 aromatic carbocycles. The van der Waals surface area contributed by atoms with Crippen LogP contribution in [0.25, 0.3) is 11.1 Å². The normalized spacial score (nSPS) is 15.2. The summed E-state index contributed by atoms with van der Waals surface area (Å²) in [6.07, 6.45) is -2.67. The van der Waals surface area contributed by atoms with Gasteiger partial charge in [0.25, 0.3) is 0 Å². The van der Waals surface area contributed by atoms with E-state index in [1.54, 1.807) is 38.1 Å². The van der Waals surface area contributed by atoms with Crippen molar-refractivity contribution in [3.05, 3.63) is 59.2 Å². The fourth-order valence-electron chi connectivity index (χ4n) is 3.01. The minimum atomic E-state index is -1.59. The Morgan fingerprint density at radius 1 is 0.840 bits per heavy atom. The summed E-state index contributed by atoms with van der Waals surface area (Å²) in [7, 11) is 0. The van der Waals surface area contributed by atoms with E-state index in [2.05, 4.69) is 0 Å². The maximum absolute atomic E-state index is 14.5. The fourth-order valence-corrected chi connectivity index (χ4v) is 3.01. The summed E-state index contributed by atoms with van der Waals surface area (Å²) < 4.78 is 56.4. The van der Waals surface area contributed by atoms with E-state index < -0.39 is 35.8 Å². The average Bonchev–Trinajstić information content (AvgIpc) is 2.60. The van der Waals surface area contributed by atoms with Crippen molar-refractivity contribution in [2.75, 3.05) is 0 Å². The van der Waals surface area contributed by atoms with E-state index >= 15 is 0 Å². The van der Waals surface area contributed by atoms with Crippen LogP contribution in [0, 0.1) is 24.5 Å². The molecule has 0 fully saturated rings. The highest BCUT2D eigenvalue weighted by molar-refractivity contribution is 5.65. The first-order valence-electron chi connectivity index (χ1n) is 8.61. The van der Waals surface area contributed by atoms with Gasteiger partial charge in [-0.1, -0.05) is 57.2 Å². The maximum atomic E-state index is 14.5. The summed E-state index contributed by atoms with van der Waals surface area (Å²) in [5, 5.41) is 0. The van der Waals surface area contributed by atoms with Gasteiger partial charge in [-0.2, -0.15) is 0 Å². The van der Waals surface area contributed by atoms with Crippen LogP contribution in [0.15, 0.2) is 36.4 Å². The van der Waals surface area contributed by atoms with Gasteiger partial charge in [0.05, 0.1) is 0 Å². The Kier molecular flexibility index (Phi) is 6.26. The number of benzene rings is 2. The Morgan fingerprint density at radius 2 is 1.44 bits per heavy atom. The van der Waals surface area contributed by atoms with E-state index in [9.17, 15) is 17.6 Å². The van der Waals surface area contributed by atoms with Gasteiger partial charge in [-0.15, -0.1) is 0 Å². The SMILES string of the molecule is CCC(c1ccc(-c2ccc(C)c(F)c2F)cc1)C(F)C(F)C(C)C. The van der Waals surface area contributed by atoms with Crippen LogP contribution < -0.4 is 0 Å². The standard InChI is InChI=1S/C21H24F4/c1-5-16(20(24)18(22)12(2)3)14-7-9-15(10-8-14)17-11-6-13(4)19(23)21(17)25/h6-12,16,18,20H,5H2,1-4H3. The zero-order valence-electron chi connectivity index (χ0n) is 15.0. The molecule has 0 saturated carbocycles. The van der Waals surface area contributed by atoms with E-state index in [0.717, 1.165) is 0 Å². The van der Waals surface area contributed by atoms with Crippen LogP contribution in [0.3, 0.4) is 0 Å². The Balaban J connectivity index is 2.31. The van der Waals surface area contributed by atoms with Gasteiger partial charge in [-0.05, 0) is 36.0 Å². The summed E-state index contributed by atoms with van der Waals surface area (Å²) in [5.74, 6) is -2.72. The van der Waals surface area contributed by atoms with E-state index in [-0.39, 0.29) is 11.1 Å². The lowest BCUT2D eigenvalue weighted by Gasteiger charge is -2.25. The number of hydrogen-bond acceptors (Lipinski definition) is 0. The lowest BCUT2D eigenvalue weighted by Crippen LogP contribution is -2.29. The molecule has 0 radical (unpaired) electrons. The Hall–Kier alpha value is -1.84. The van der Waals surface area contributed by atoms with Crippen molar-refractivity contribution in [1.82, 2.24) is 0 Å². The van der Waals surface area contributed by atoms with Crippen molar-refractivity contribution < 1.29 is 17.6 Å². The molecule has 2 aromatic rings. The molecular weight excluding hydrogens is 328 g/mol. The summed E-state index contributed by atoms with van der Waals surface area (Å²) in [5.41, 5.74) is 1.57. The van der Waals surface area contributed by atoms with Crippen molar-refractivity contribution in [2.24, 2.45) is 5.92 Å². The highest BCUT2D eigenvalue weighted by Crippen LogP contribution is 2.33. The van der Waals surface area contributed by atoms with Crippen molar-refractivity contribution >= 4 is 0 Å². The quantitative estimate of drug-likeness (QED) is 0.504. The van der Waals surface area contributed by atoms with Gasteiger partial charge >= 0.3 is 0 Å². The topological polar surface area (TPSA) is 0 Å². The molecule has 0 N–H and O–H groups in total. The van der Waals surface area contributed by atoms with Gasteiger partial charge in [0.2, 0.25) is 0 Å². The molecular formula is C21H24F4. The highest BCUT2D eigenvalue weighted by Gasteiger charge is 2.31. The van der Waals surface area contributed by atoms with Crippen molar-refractivity contribution in [1.29, 1.82) is 0 Å². The smallest absolute Gasteiger partial charge is 0.166 e. The van der Waals surface area contributed by atoms with Gasteiger partial charge in [0.1, 0.15) is 12.3 Å². The van der Waals surface area contributed by atoms with E-state index in [1.807, 2.05) is 6.92 Å². The summed E-state index contributed by atoms with van der Waals surface area (Å²) in [4.78, 5) is 0. The van der Waals surface area contributed by atoms with E-state index in [1.165, 1.54) is 19.1 Å². The van der Waals surface area contributed by atoms with Crippen molar-refractivity contribution in [2.45, 2.75) is 52.4 Å². The molecule has 0 aliphatic rings. The molecule has 3 atom stereocenters. The first-order chi connectivity index (χ1) is 11.8. The summed E-state index contributed by atoms with van der Waals surface area (Å²) in [6.45, 7) is 6.62. The zero-order chi connectivity index (χ0) is 18.7. The molecule has 0 aliphatic heterocycles. The third kappa shape index (κ3) is 4.05. The maximum Gasteiger partial charge on any atom is 0.166 e. The predicted molar refractivity (Wildman–Crippen MR) is 94.2 cm³/mol. The third-order valence-corrected chi connectivity index (χ3v) is 4.69. The van der Waals surface area contributed by atoms with Crippen molar-refractivity contribution in [3.63, 3.8) is 0 Å². The lowest BCUT2D eigenvalue weighted by atomic mass is 9.86. The Bertz CT molecular complexity index is 707. The molecule has 4 heteroatoms. The van der Waals surface area contributed by atoms with E-state index in [4.69, 9.17) is 0 Å². The van der Waals surface area contributed by atoms with Gasteiger partial charge < -0.3 is 0 Å². The molecule has 0 heterocycles. The monoisotopic (exact) mass is 352 g/mol. The van der Waals surface area contributed by atoms with Gasteiger partial charge in [0.15, 0.2) is 11.6 Å². The molecule has 0 nitrogen and oxygen atoms in total. The predicted octanol–water partition coefficient (Wildman–Crippen LogP) is 6.77. The van der Waals surface area contributed by atoms with Crippen LogP contribution in [0.5, 0.6) is 0 Å². The second-order valence-electron chi connectivity index (χ2n) is 6.83. The molecule has 0 amide bonds. The van der Waals surface area contributed by atoms with Crippen LogP contribution in [0.4, 0.5) is 17.6 Å². The fraction of sp³-hybridized carbons (Fsp3) is 0.429. The van der Waals surface area contributed by atoms with Crippen molar-refractivity contribution in [3.8, 4) is 11.1 Å². The molecule has 0 aliphatic carbocycles. The van der Waals surface area contributed by atoms with Crippen LogP contribution in [-0.2, 0) is 0 Å². The third-order valence-electron chi connectivity index (χ3n) is 4.69. The summed E-state index contributed by atoms with van der Waals surface area (Å²) >= 11 is 0. The van der Waals surface area contributed by atoms with Gasteiger partial charge in [-0.25, -0.2) is 17.6 Å². The molecule has 2 rings (SSSR count). The number of aryl methyl sites for hydroxylation is 1. The first kappa shape index (κ1) is 19.5. The molecule has 0 aromatic heterocycles. The van der Waals surface area contributed by atoms with Crippen LogP contribution in [0.2, 0.25) is 0 Å². The Morgan fingerprint density at radius 3 is 1.96 bits per heavy atom. The molecule has 0 spiro atoms. The molecule has 0 bridgehead atoms. The minimum absolute atomic E-state index is 0.157. The molecule has 136 valence electrons. The number of rotatable bonds is 6. The Labute approximate surface area is 146 Å². The number of halogens is 4. The average molecular weight is 352 g/mol.